The van der Waals surface area contributed by atoms with Crippen LogP contribution in [-0.2, 0) is 30.4 Å². The van der Waals surface area contributed by atoms with Crippen LogP contribution in [0.4, 0.5) is 17.6 Å². The summed E-state index contributed by atoms with van der Waals surface area (Å²) in [6, 6.07) is 11.5. The van der Waals surface area contributed by atoms with E-state index in [1.165, 1.54) is 18.8 Å². The quantitative estimate of drug-likeness (QED) is 0.311. The van der Waals surface area contributed by atoms with Crippen molar-refractivity contribution < 1.29 is 36.1 Å². The van der Waals surface area contributed by atoms with Crippen molar-refractivity contribution in [1.29, 1.82) is 0 Å². The van der Waals surface area contributed by atoms with Gasteiger partial charge in [-0.2, -0.15) is 13.2 Å². The Morgan fingerprint density at radius 1 is 1.11 bits per heavy atom. The molecule has 2 aliphatic rings. The van der Waals surface area contributed by atoms with E-state index in [1.54, 1.807) is 25.3 Å². The Bertz CT molecular complexity index is 1250. The van der Waals surface area contributed by atoms with Gasteiger partial charge in [-0.3, -0.25) is 4.79 Å². The first-order valence-corrected chi connectivity index (χ1v) is 14.9. The monoisotopic (exact) mass is 557 g/mol. The maximum absolute atomic E-state index is 13.5. The highest BCUT2D eigenvalue weighted by atomic mass is 32.5. The van der Waals surface area contributed by atoms with Crippen LogP contribution in [0.5, 0.6) is 0 Å². The Kier molecular flexibility index (Phi) is 7.87. The summed E-state index contributed by atoms with van der Waals surface area (Å²) in [6.07, 6.45) is -2.37. The van der Waals surface area contributed by atoms with E-state index in [-0.39, 0.29) is 23.3 Å². The maximum Gasteiger partial charge on any atom is 0.412 e. The molecule has 0 bridgehead atoms. The van der Waals surface area contributed by atoms with Gasteiger partial charge in [-0.15, -0.1) is 0 Å². The molecule has 0 saturated heterocycles. The summed E-state index contributed by atoms with van der Waals surface area (Å²) in [5.74, 6) is -0.540. The molecular formula is C26H28F4NO4PS. The van der Waals surface area contributed by atoms with E-state index in [0.717, 1.165) is 16.7 Å². The van der Waals surface area contributed by atoms with Crippen molar-refractivity contribution >= 4 is 29.8 Å². The lowest BCUT2D eigenvalue weighted by Gasteiger charge is -2.39. The molecule has 1 aliphatic carbocycles. The van der Waals surface area contributed by atoms with E-state index >= 15 is 0 Å². The van der Waals surface area contributed by atoms with Gasteiger partial charge in [-0.05, 0) is 84.9 Å². The van der Waals surface area contributed by atoms with Gasteiger partial charge in [-0.1, -0.05) is 24.3 Å². The molecule has 1 fully saturated rings. The van der Waals surface area contributed by atoms with E-state index in [4.69, 9.17) is 25.6 Å². The number of halogens is 4. The van der Waals surface area contributed by atoms with Crippen molar-refractivity contribution in [3.8, 4) is 11.1 Å². The molecule has 2 aromatic carbocycles. The van der Waals surface area contributed by atoms with E-state index < -0.39 is 30.7 Å². The van der Waals surface area contributed by atoms with Crippen LogP contribution in [0.15, 0.2) is 48.2 Å². The number of nitrogens with one attached hydrogen (secondary N) is 1. The van der Waals surface area contributed by atoms with E-state index in [2.05, 4.69) is 5.32 Å². The first kappa shape index (κ1) is 27.8. The lowest BCUT2D eigenvalue weighted by Crippen LogP contribution is -2.48. The summed E-state index contributed by atoms with van der Waals surface area (Å²) in [4.78, 5) is 13.5. The molecule has 1 N–H and O–H groups in total. The second-order valence-electron chi connectivity index (χ2n) is 9.46. The van der Waals surface area contributed by atoms with Crippen LogP contribution >= 0.6 is 6.49 Å². The van der Waals surface area contributed by atoms with E-state index in [9.17, 15) is 22.4 Å². The van der Waals surface area contributed by atoms with Crippen molar-refractivity contribution in [1.82, 2.24) is 5.32 Å². The highest BCUT2D eigenvalue weighted by molar-refractivity contribution is 8.09. The van der Waals surface area contributed by atoms with Gasteiger partial charge in [0.25, 0.3) is 5.91 Å². The minimum atomic E-state index is -4.57. The molecular weight excluding hydrogens is 529 g/mol. The molecule has 1 amide bonds. The van der Waals surface area contributed by atoms with Crippen molar-refractivity contribution in [2.45, 2.75) is 50.4 Å². The summed E-state index contributed by atoms with van der Waals surface area (Å²) in [7, 11) is 1.62. The Labute approximate surface area is 218 Å². The standard InChI is InChI=1S/C26H28F4NO4PS/c1-16-4-5-18(17-6-8-19(27)9-7-17)14-21(16)22-23(35-36(3,37)34-15-26(28,29)30)25(31-24(22)32)12-10-20(33-2)11-13-25/h4-9,14,20H,10-13,15H2,1-3H3,(H,31,32)/t20-,25+,36?. The fraction of sp³-hybridized carbons (Fsp3) is 0.423. The smallest absolute Gasteiger partial charge is 0.412 e. The highest BCUT2D eigenvalue weighted by Crippen LogP contribution is 2.54. The zero-order chi connectivity index (χ0) is 27.0. The van der Waals surface area contributed by atoms with Crippen molar-refractivity contribution in [3.63, 3.8) is 0 Å². The average Bonchev–Trinajstić information content (AvgIpc) is 3.08. The van der Waals surface area contributed by atoms with Gasteiger partial charge in [0.05, 0.1) is 17.2 Å². The van der Waals surface area contributed by atoms with Crippen LogP contribution in [-0.4, -0.2) is 44.1 Å². The average molecular weight is 558 g/mol. The Balaban J connectivity index is 1.81. The molecule has 0 radical (unpaired) electrons. The van der Waals surface area contributed by atoms with Crippen LogP contribution in [0.3, 0.4) is 0 Å². The topological polar surface area (TPSA) is 56.8 Å². The number of aryl methyl sites for hydroxylation is 1. The third-order valence-corrected chi connectivity index (χ3v) is 8.42. The van der Waals surface area contributed by atoms with Crippen molar-refractivity contribution in [3.05, 3.63) is 65.2 Å². The highest BCUT2D eigenvalue weighted by Gasteiger charge is 2.50. The number of ether oxygens (including phenoxy) is 1. The number of methoxy groups -OCH3 is 1. The molecule has 1 unspecified atom stereocenters. The summed E-state index contributed by atoms with van der Waals surface area (Å²) in [5, 5.41) is 3.05. The molecule has 37 heavy (non-hydrogen) atoms. The van der Waals surface area contributed by atoms with Gasteiger partial charge < -0.3 is 19.1 Å². The predicted molar refractivity (Wildman–Crippen MR) is 137 cm³/mol. The van der Waals surface area contributed by atoms with Crippen LogP contribution < -0.4 is 5.32 Å². The number of rotatable bonds is 7. The fourth-order valence-corrected chi connectivity index (χ4v) is 6.24. The van der Waals surface area contributed by atoms with Gasteiger partial charge >= 0.3 is 6.18 Å². The lowest BCUT2D eigenvalue weighted by atomic mass is 9.79. The molecule has 200 valence electrons. The summed E-state index contributed by atoms with van der Waals surface area (Å²) in [5.41, 5.74) is 2.11. The van der Waals surface area contributed by atoms with Gasteiger partial charge in [-0.25, -0.2) is 4.39 Å². The Morgan fingerprint density at radius 3 is 2.32 bits per heavy atom. The number of benzene rings is 2. The van der Waals surface area contributed by atoms with Crippen molar-refractivity contribution in [2.75, 3.05) is 20.4 Å². The van der Waals surface area contributed by atoms with Gasteiger partial charge in [0.15, 0.2) is 6.61 Å². The number of hydrogen-bond acceptors (Lipinski definition) is 5. The second kappa shape index (κ2) is 10.5. The fourth-order valence-electron chi connectivity index (χ4n) is 4.82. The Hall–Kier alpha value is -2.26. The molecule has 1 spiro atoms. The van der Waals surface area contributed by atoms with E-state index in [1.807, 2.05) is 19.1 Å². The molecule has 0 aromatic heterocycles. The molecule has 2 aromatic rings. The molecule has 4 rings (SSSR count). The molecule has 5 nitrogen and oxygen atoms in total. The number of amides is 1. The summed E-state index contributed by atoms with van der Waals surface area (Å²) in [6.45, 7) is -1.82. The number of carbonyl (C=O) groups is 1. The first-order valence-electron chi connectivity index (χ1n) is 11.8. The van der Waals surface area contributed by atoms with Crippen molar-refractivity contribution in [2.24, 2.45) is 0 Å². The summed E-state index contributed by atoms with van der Waals surface area (Å²) >= 11 is 5.37. The van der Waals surface area contributed by atoms with Gasteiger partial charge in [0, 0.05) is 13.8 Å². The first-order chi connectivity index (χ1) is 17.3. The zero-order valence-corrected chi connectivity index (χ0v) is 22.4. The SMILES string of the molecule is CO[C@H]1CC[C@]2(CC1)NC(=O)C(c1cc(-c3ccc(F)cc3)ccc1C)=C2OP(C)(=S)OCC(F)(F)F. The second-order valence-corrected chi connectivity index (χ2v) is 13.4. The van der Waals surface area contributed by atoms with Gasteiger partial charge in [0.2, 0.25) is 6.49 Å². The molecule has 1 atom stereocenters. The third-order valence-electron chi connectivity index (χ3n) is 6.77. The molecule has 11 heteroatoms. The van der Waals surface area contributed by atoms with Crippen LogP contribution in [0.25, 0.3) is 16.7 Å². The summed E-state index contributed by atoms with van der Waals surface area (Å²) < 4.78 is 68.8. The molecule has 1 saturated carbocycles. The Morgan fingerprint density at radius 2 is 1.73 bits per heavy atom. The number of carbonyl (C=O) groups excluding carboxylic acids is 1. The predicted octanol–water partition coefficient (Wildman–Crippen LogP) is 6.50. The largest absolute Gasteiger partial charge is 0.445 e. The number of alkyl halides is 3. The molecule has 1 heterocycles. The minimum Gasteiger partial charge on any atom is -0.445 e. The van der Waals surface area contributed by atoms with E-state index in [0.29, 0.717) is 31.2 Å². The normalized spacial score (nSPS) is 23.8. The minimum absolute atomic E-state index is 0.00234. The van der Waals surface area contributed by atoms with Gasteiger partial charge in [0.1, 0.15) is 11.6 Å². The number of hydrogen-bond donors (Lipinski definition) is 1. The van der Waals surface area contributed by atoms with Crippen LogP contribution in [0, 0.1) is 12.7 Å². The zero-order valence-electron chi connectivity index (χ0n) is 20.7. The third kappa shape index (κ3) is 6.25. The van der Waals surface area contributed by atoms with Crippen LogP contribution in [0.2, 0.25) is 0 Å². The molecule has 1 aliphatic heterocycles. The maximum atomic E-state index is 13.5. The van der Waals surface area contributed by atoms with Crippen LogP contribution in [0.1, 0.15) is 36.8 Å². The lowest BCUT2D eigenvalue weighted by molar-refractivity contribution is -0.153.